The van der Waals surface area contributed by atoms with Crippen LogP contribution in [-0.2, 0) is 6.54 Å². The van der Waals surface area contributed by atoms with Gasteiger partial charge >= 0.3 is 5.63 Å². The lowest BCUT2D eigenvalue weighted by molar-refractivity contribution is -0.933. The highest BCUT2D eigenvalue weighted by molar-refractivity contribution is 5.85. The molecule has 1 aliphatic heterocycles. The molecule has 3 aromatic rings. The van der Waals surface area contributed by atoms with Crippen molar-refractivity contribution >= 4 is 11.0 Å². The molecule has 0 amide bonds. The third-order valence-electron chi connectivity index (χ3n) is 5.51. The molecular formula is C22H24NO3+. The number of hydrogen-bond acceptors (Lipinski definition) is 3. The molecule has 2 atom stereocenters. The molecule has 0 radical (unpaired) electrons. The minimum atomic E-state index is -0.256. The maximum absolute atomic E-state index is 12.2. The first-order valence-corrected chi connectivity index (χ1v) is 9.12. The van der Waals surface area contributed by atoms with Crippen molar-refractivity contribution in [3.8, 4) is 5.75 Å². The summed E-state index contributed by atoms with van der Waals surface area (Å²) in [5.74, 6) is 1.27. The zero-order valence-corrected chi connectivity index (χ0v) is 15.5. The fraction of sp³-hybridized carbons (Fsp3) is 0.318. The van der Waals surface area contributed by atoms with Gasteiger partial charge in [0.1, 0.15) is 12.3 Å². The van der Waals surface area contributed by atoms with Gasteiger partial charge in [0.05, 0.1) is 12.1 Å². The quantitative estimate of drug-likeness (QED) is 0.739. The van der Waals surface area contributed by atoms with E-state index in [1.807, 2.05) is 32.0 Å². The van der Waals surface area contributed by atoms with Crippen molar-refractivity contribution in [2.24, 2.45) is 0 Å². The zero-order chi connectivity index (χ0) is 18.3. The number of nitrogens with one attached hydrogen (secondary N) is 1. The van der Waals surface area contributed by atoms with Gasteiger partial charge in [-0.05, 0) is 37.1 Å². The minimum absolute atomic E-state index is 0.256. The summed E-state index contributed by atoms with van der Waals surface area (Å²) in [5, 5.41) is 1.00. The molecule has 0 spiro atoms. The van der Waals surface area contributed by atoms with E-state index in [-0.39, 0.29) is 5.63 Å². The number of fused-ring (bicyclic) bond motifs is 3. The molecular weight excluding hydrogens is 326 g/mol. The number of aryl methyl sites for hydroxylation is 1. The summed E-state index contributed by atoms with van der Waals surface area (Å²) < 4.78 is 11.7. The maximum Gasteiger partial charge on any atom is 0.339 e. The fourth-order valence-corrected chi connectivity index (χ4v) is 3.79. The summed E-state index contributed by atoms with van der Waals surface area (Å²) >= 11 is 0. The second-order valence-corrected chi connectivity index (χ2v) is 7.29. The highest BCUT2D eigenvalue weighted by Crippen LogP contribution is 2.30. The molecule has 0 aliphatic carbocycles. The van der Waals surface area contributed by atoms with Crippen molar-refractivity contribution < 1.29 is 14.1 Å². The third kappa shape index (κ3) is 2.90. The van der Waals surface area contributed by atoms with Crippen LogP contribution in [0.2, 0.25) is 0 Å². The Bertz CT molecular complexity index is 1010. The molecule has 1 unspecified atom stereocenters. The van der Waals surface area contributed by atoms with E-state index in [9.17, 15) is 4.79 Å². The van der Waals surface area contributed by atoms with Gasteiger partial charge in [0.25, 0.3) is 0 Å². The lowest BCUT2D eigenvalue weighted by atomic mass is 9.99. The van der Waals surface area contributed by atoms with Crippen molar-refractivity contribution in [1.29, 1.82) is 0 Å². The number of benzene rings is 2. The van der Waals surface area contributed by atoms with Gasteiger partial charge in [0.15, 0.2) is 5.58 Å². The number of rotatable bonds is 3. The van der Waals surface area contributed by atoms with Gasteiger partial charge < -0.3 is 9.15 Å². The van der Waals surface area contributed by atoms with Gasteiger partial charge in [0, 0.05) is 16.9 Å². The van der Waals surface area contributed by atoms with E-state index >= 15 is 0 Å². The number of quaternary nitrogens is 1. The average molecular weight is 350 g/mol. The molecule has 4 heteroatoms. The SMILES string of the molecule is Cc1c(C)c2ccc3c(c2oc1=O)C[NH+](C[C@@H](C)c1ccccc1)CO3. The average Bonchev–Trinajstić information content (AvgIpc) is 2.67. The van der Waals surface area contributed by atoms with E-state index in [0.717, 1.165) is 35.4 Å². The molecule has 26 heavy (non-hydrogen) atoms. The fourth-order valence-electron chi connectivity index (χ4n) is 3.79. The first-order valence-electron chi connectivity index (χ1n) is 9.12. The van der Waals surface area contributed by atoms with E-state index in [1.54, 1.807) is 0 Å². The second-order valence-electron chi connectivity index (χ2n) is 7.29. The van der Waals surface area contributed by atoms with Crippen LogP contribution >= 0.6 is 0 Å². The van der Waals surface area contributed by atoms with Crippen molar-refractivity contribution in [3.63, 3.8) is 0 Å². The van der Waals surface area contributed by atoms with Crippen LogP contribution in [-0.4, -0.2) is 13.3 Å². The van der Waals surface area contributed by atoms with Gasteiger partial charge in [-0.15, -0.1) is 0 Å². The normalized spacial score (nSPS) is 17.6. The van der Waals surface area contributed by atoms with Crippen molar-refractivity contribution in [3.05, 3.63) is 75.1 Å². The van der Waals surface area contributed by atoms with Crippen LogP contribution in [0.15, 0.2) is 51.7 Å². The Labute approximate surface area is 153 Å². The lowest BCUT2D eigenvalue weighted by Crippen LogP contribution is -3.12. The Kier molecular flexibility index (Phi) is 4.29. The minimum Gasteiger partial charge on any atom is -0.445 e. The van der Waals surface area contributed by atoms with E-state index < -0.39 is 0 Å². The van der Waals surface area contributed by atoms with Crippen molar-refractivity contribution in [1.82, 2.24) is 0 Å². The molecule has 4 nitrogen and oxygen atoms in total. The molecule has 2 heterocycles. The predicted molar refractivity (Wildman–Crippen MR) is 102 cm³/mol. The zero-order valence-electron chi connectivity index (χ0n) is 15.5. The first-order chi connectivity index (χ1) is 12.5. The van der Waals surface area contributed by atoms with Gasteiger partial charge in [-0.1, -0.05) is 37.3 Å². The van der Waals surface area contributed by atoms with E-state index in [1.165, 1.54) is 10.5 Å². The van der Waals surface area contributed by atoms with Crippen LogP contribution in [0.25, 0.3) is 11.0 Å². The molecule has 0 fully saturated rings. The first kappa shape index (κ1) is 16.9. The van der Waals surface area contributed by atoms with E-state index in [0.29, 0.717) is 23.8 Å². The van der Waals surface area contributed by atoms with Crippen molar-refractivity contribution in [2.45, 2.75) is 33.2 Å². The van der Waals surface area contributed by atoms with E-state index in [4.69, 9.17) is 9.15 Å². The smallest absolute Gasteiger partial charge is 0.339 e. The largest absolute Gasteiger partial charge is 0.445 e. The summed E-state index contributed by atoms with van der Waals surface area (Å²) in [7, 11) is 0. The van der Waals surface area contributed by atoms with Gasteiger partial charge in [-0.3, -0.25) is 4.90 Å². The summed E-state index contributed by atoms with van der Waals surface area (Å²) in [6, 6.07) is 14.5. The van der Waals surface area contributed by atoms with Gasteiger partial charge in [-0.25, -0.2) is 4.79 Å². The molecule has 2 aromatic carbocycles. The van der Waals surface area contributed by atoms with Gasteiger partial charge in [-0.2, -0.15) is 0 Å². The Morgan fingerprint density at radius 3 is 2.62 bits per heavy atom. The van der Waals surface area contributed by atoms with Crippen LogP contribution in [0.3, 0.4) is 0 Å². The third-order valence-corrected chi connectivity index (χ3v) is 5.51. The number of hydrogen-bond donors (Lipinski definition) is 1. The Hall–Kier alpha value is -2.59. The molecule has 1 aliphatic rings. The Morgan fingerprint density at radius 1 is 1.08 bits per heavy atom. The molecule has 134 valence electrons. The lowest BCUT2D eigenvalue weighted by Gasteiger charge is -2.28. The van der Waals surface area contributed by atoms with Crippen molar-refractivity contribution in [2.75, 3.05) is 13.3 Å². The second kappa shape index (κ2) is 6.61. The van der Waals surface area contributed by atoms with Crippen LogP contribution in [0.1, 0.15) is 35.1 Å². The summed E-state index contributed by atoms with van der Waals surface area (Å²) in [4.78, 5) is 13.5. The topological polar surface area (TPSA) is 43.9 Å². The molecule has 0 saturated heterocycles. The van der Waals surface area contributed by atoms with Crippen LogP contribution < -0.4 is 15.3 Å². The Morgan fingerprint density at radius 2 is 1.85 bits per heavy atom. The van der Waals surface area contributed by atoms with E-state index in [2.05, 4.69) is 31.2 Å². The predicted octanol–water partition coefficient (Wildman–Crippen LogP) is 2.95. The summed E-state index contributed by atoms with van der Waals surface area (Å²) in [5.41, 5.74) is 4.43. The summed E-state index contributed by atoms with van der Waals surface area (Å²) in [6.07, 6.45) is 0. The summed E-state index contributed by atoms with van der Waals surface area (Å²) in [6.45, 7) is 8.44. The molecule has 4 rings (SSSR count). The highest BCUT2D eigenvalue weighted by atomic mass is 16.5. The molecule has 0 bridgehead atoms. The van der Waals surface area contributed by atoms with Gasteiger partial charge in [0.2, 0.25) is 6.73 Å². The maximum atomic E-state index is 12.2. The molecule has 1 N–H and O–H groups in total. The number of ether oxygens (including phenoxy) is 1. The highest BCUT2D eigenvalue weighted by Gasteiger charge is 2.26. The van der Waals surface area contributed by atoms with Crippen LogP contribution in [0, 0.1) is 13.8 Å². The monoisotopic (exact) mass is 350 g/mol. The van der Waals surface area contributed by atoms with Crippen LogP contribution in [0.4, 0.5) is 0 Å². The molecule has 1 aromatic heterocycles. The Balaban J connectivity index is 1.66. The molecule has 0 saturated carbocycles. The standard InChI is InChI=1S/C22H23NO3/c1-14(17-7-5-4-6-8-17)11-23-12-19-20(25-13-23)10-9-18-15(2)16(3)22(24)26-21(18)19/h4-10,14H,11-13H2,1-3H3/p+1/t14-/m1/s1. The van der Waals surface area contributed by atoms with Crippen LogP contribution in [0.5, 0.6) is 5.75 Å².